The molecule has 1 rings (SSSR count). The normalized spacial score (nSPS) is 12.0. The molecule has 5 heteroatoms. The summed E-state index contributed by atoms with van der Waals surface area (Å²) >= 11 is 3.43. The second-order valence-electron chi connectivity index (χ2n) is 4.00. The van der Waals surface area contributed by atoms with Crippen molar-refractivity contribution in [3.63, 3.8) is 0 Å². The van der Waals surface area contributed by atoms with Crippen LogP contribution in [-0.4, -0.2) is 24.4 Å². The van der Waals surface area contributed by atoms with Crippen molar-refractivity contribution in [1.29, 1.82) is 0 Å². The molecule has 100 valence electrons. The van der Waals surface area contributed by atoms with Crippen LogP contribution in [0.2, 0.25) is 0 Å². The van der Waals surface area contributed by atoms with Gasteiger partial charge in [-0.05, 0) is 25.0 Å². The molecule has 0 aliphatic heterocycles. The lowest BCUT2D eigenvalue weighted by Crippen LogP contribution is -2.26. The molecule has 0 saturated heterocycles. The smallest absolute Gasteiger partial charge is 0.258 e. The molecule has 0 aromatic heterocycles. The molecule has 0 heterocycles. The molecule has 1 atom stereocenters. The molecule has 0 aliphatic carbocycles. The van der Waals surface area contributed by atoms with Gasteiger partial charge in [0.15, 0.2) is 0 Å². The Bertz CT molecular complexity index is 410. The van der Waals surface area contributed by atoms with E-state index in [9.17, 15) is 9.18 Å². The molecule has 3 nitrogen and oxygen atoms in total. The number of methoxy groups -OCH3 is 1. The van der Waals surface area contributed by atoms with Gasteiger partial charge in [-0.3, -0.25) is 4.79 Å². The Morgan fingerprint density at radius 2 is 2.28 bits per heavy atom. The minimum atomic E-state index is -0.569. The zero-order chi connectivity index (χ0) is 13.5. The first kappa shape index (κ1) is 15.0. The van der Waals surface area contributed by atoms with Gasteiger partial charge in [0.1, 0.15) is 17.1 Å². The fraction of sp³-hybridized carbons (Fsp3) is 0.462. The summed E-state index contributed by atoms with van der Waals surface area (Å²) in [4.78, 5) is 12.3. The van der Waals surface area contributed by atoms with Crippen molar-refractivity contribution in [1.82, 2.24) is 5.32 Å². The fourth-order valence-electron chi connectivity index (χ4n) is 1.57. The number of amides is 1. The van der Waals surface area contributed by atoms with E-state index in [1.807, 2.05) is 6.92 Å². The largest absolute Gasteiger partial charge is 0.496 e. The average Bonchev–Trinajstić information content (AvgIpc) is 2.33. The molecule has 1 aromatic rings. The number of rotatable bonds is 6. The van der Waals surface area contributed by atoms with Crippen LogP contribution in [0.3, 0.4) is 0 Å². The number of benzene rings is 1. The van der Waals surface area contributed by atoms with Crippen LogP contribution in [-0.2, 0) is 0 Å². The topological polar surface area (TPSA) is 38.3 Å². The first-order valence-corrected chi connectivity index (χ1v) is 6.72. The molecular weight excluding hydrogens is 301 g/mol. The highest BCUT2D eigenvalue weighted by Gasteiger charge is 2.16. The third kappa shape index (κ3) is 4.29. The van der Waals surface area contributed by atoms with E-state index in [1.165, 1.54) is 19.2 Å². The Labute approximate surface area is 115 Å². The third-order valence-electron chi connectivity index (χ3n) is 2.49. The molecule has 0 bridgehead atoms. The first-order valence-electron chi connectivity index (χ1n) is 5.81. The fourth-order valence-corrected chi connectivity index (χ4v) is 1.89. The average molecular weight is 318 g/mol. The van der Waals surface area contributed by atoms with Gasteiger partial charge < -0.3 is 10.1 Å². The van der Waals surface area contributed by atoms with Gasteiger partial charge in [0, 0.05) is 11.4 Å². The van der Waals surface area contributed by atoms with Gasteiger partial charge in [0.25, 0.3) is 5.91 Å². The second kappa shape index (κ2) is 7.36. The number of carbonyl (C=O) groups is 1. The summed E-state index contributed by atoms with van der Waals surface area (Å²) in [6.45, 7) is 2.56. The molecular formula is C13H17BrFNO2. The zero-order valence-electron chi connectivity index (χ0n) is 10.5. The summed E-state index contributed by atoms with van der Waals surface area (Å²) < 4.78 is 18.6. The van der Waals surface area contributed by atoms with Crippen molar-refractivity contribution in [2.75, 3.05) is 13.7 Å². The summed E-state index contributed by atoms with van der Waals surface area (Å²) in [7, 11) is 1.41. The summed E-state index contributed by atoms with van der Waals surface area (Å²) in [5.41, 5.74) is -0.0353. The van der Waals surface area contributed by atoms with Crippen molar-refractivity contribution < 1.29 is 13.9 Å². The monoisotopic (exact) mass is 317 g/mol. The van der Waals surface area contributed by atoms with Crippen LogP contribution in [0.5, 0.6) is 5.75 Å². The molecule has 1 unspecified atom stereocenters. The van der Waals surface area contributed by atoms with Crippen molar-refractivity contribution in [3.8, 4) is 5.75 Å². The molecule has 1 aromatic carbocycles. The predicted octanol–water partition coefficient (Wildman–Crippen LogP) is 3.13. The van der Waals surface area contributed by atoms with Crippen LogP contribution in [0.4, 0.5) is 4.39 Å². The van der Waals surface area contributed by atoms with Crippen LogP contribution in [0.15, 0.2) is 18.2 Å². The summed E-state index contributed by atoms with van der Waals surface area (Å²) in [6.07, 6.45) is 1.80. The van der Waals surface area contributed by atoms with Gasteiger partial charge in [0.2, 0.25) is 0 Å². The quantitative estimate of drug-likeness (QED) is 0.646. The van der Waals surface area contributed by atoms with Gasteiger partial charge in [-0.2, -0.15) is 0 Å². The van der Waals surface area contributed by atoms with Gasteiger partial charge in [-0.25, -0.2) is 4.39 Å². The van der Waals surface area contributed by atoms with E-state index in [0.717, 1.165) is 12.8 Å². The Hall–Kier alpha value is -1.10. The number of carbonyl (C=O) groups excluding carboxylic acids is 1. The van der Waals surface area contributed by atoms with Crippen LogP contribution in [0.25, 0.3) is 0 Å². The Morgan fingerprint density at radius 3 is 2.89 bits per heavy atom. The predicted molar refractivity (Wildman–Crippen MR) is 72.9 cm³/mol. The van der Waals surface area contributed by atoms with E-state index in [0.29, 0.717) is 11.4 Å². The van der Waals surface area contributed by atoms with Gasteiger partial charge >= 0.3 is 0 Å². The van der Waals surface area contributed by atoms with Crippen molar-refractivity contribution in [2.24, 2.45) is 0 Å². The van der Waals surface area contributed by atoms with Gasteiger partial charge in [-0.1, -0.05) is 28.9 Å². The van der Waals surface area contributed by atoms with E-state index in [4.69, 9.17) is 4.74 Å². The van der Waals surface area contributed by atoms with E-state index >= 15 is 0 Å². The Kier molecular flexibility index (Phi) is 6.12. The van der Waals surface area contributed by atoms with Crippen LogP contribution in [0.1, 0.15) is 30.1 Å². The second-order valence-corrected chi connectivity index (χ2v) is 5.56. The molecule has 0 spiro atoms. The summed E-state index contributed by atoms with van der Waals surface area (Å²) in [6, 6.07) is 4.33. The highest BCUT2D eigenvalue weighted by Crippen LogP contribution is 2.20. The highest BCUT2D eigenvalue weighted by molar-refractivity contribution is 9.09. The molecule has 0 radical (unpaired) electrons. The van der Waals surface area contributed by atoms with Crippen molar-refractivity contribution >= 4 is 21.8 Å². The molecule has 0 fully saturated rings. The van der Waals surface area contributed by atoms with Crippen molar-refractivity contribution in [3.05, 3.63) is 29.6 Å². The minimum absolute atomic E-state index is 0.0353. The van der Waals surface area contributed by atoms with Gasteiger partial charge in [-0.15, -0.1) is 0 Å². The van der Waals surface area contributed by atoms with Crippen LogP contribution in [0, 0.1) is 5.82 Å². The molecule has 18 heavy (non-hydrogen) atoms. The highest BCUT2D eigenvalue weighted by atomic mass is 79.9. The molecule has 0 saturated carbocycles. The third-order valence-corrected chi connectivity index (χ3v) is 2.94. The van der Waals surface area contributed by atoms with E-state index in [-0.39, 0.29) is 11.3 Å². The number of ether oxygens (including phenoxy) is 1. The number of hydrogen-bond acceptors (Lipinski definition) is 2. The molecule has 0 aliphatic rings. The lowest BCUT2D eigenvalue weighted by atomic mass is 10.1. The Balaban J connectivity index is 2.61. The van der Waals surface area contributed by atoms with Crippen molar-refractivity contribution in [2.45, 2.75) is 24.6 Å². The van der Waals surface area contributed by atoms with Crippen LogP contribution >= 0.6 is 15.9 Å². The standard InChI is InChI=1S/C13H17BrFNO2/c1-9(14)5-4-8-16-13(17)12-10(15)6-3-7-11(12)18-2/h3,6-7,9H,4-5,8H2,1-2H3,(H,16,17). The van der Waals surface area contributed by atoms with E-state index < -0.39 is 11.7 Å². The Morgan fingerprint density at radius 1 is 1.56 bits per heavy atom. The zero-order valence-corrected chi connectivity index (χ0v) is 12.1. The number of hydrogen-bond donors (Lipinski definition) is 1. The van der Waals surface area contributed by atoms with E-state index in [1.54, 1.807) is 6.07 Å². The number of halogens is 2. The minimum Gasteiger partial charge on any atom is -0.496 e. The summed E-state index contributed by atoms with van der Waals surface area (Å²) in [5.74, 6) is -0.755. The summed E-state index contributed by atoms with van der Waals surface area (Å²) in [5, 5.41) is 2.69. The SMILES string of the molecule is COc1cccc(F)c1C(=O)NCCCC(C)Br. The lowest BCUT2D eigenvalue weighted by molar-refractivity contribution is 0.0945. The maximum absolute atomic E-state index is 13.6. The number of nitrogens with one attached hydrogen (secondary N) is 1. The lowest BCUT2D eigenvalue weighted by Gasteiger charge is -2.10. The molecule has 1 N–H and O–H groups in total. The maximum atomic E-state index is 13.6. The molecule has 1 amide bonds. The van der Waals surface area contributed by atoms with Gasteiger partial charge in [0.05, 0.1) is 7.11 Å². The van der Waals surface area contributed by atoms with E-state index in [2.05, 4.69) is 21.2 Å². The van der Waals surface area contributed by atoms with Crippen LogP contribution < -0.4 is 10.1 Å². The first-order chi connectivity index (χ1) is 8.56. The number of alkyl halides is 1. The maximum Gasteiger partial charge on any atom is 0.258 e.